The summed E-state index contributed by atoms with van der Waals surface area (Å²) in [5, 5.41) is 0. The van der Waals surface area contributed by atoms with Gasteiger partial charge < -0.3 is 8.83 Å². The van der Waals surface area contributed by atoms with Gasteiger partial charge in [0.05, 0.1) is 11.9 Å². The summed E-state index contributed by atoms with van der Waals surface area (Å²) in [5.74, 6) is 3.17. The summed E-state index contributed by atoms with van der Waals surface area (Å²) in [6.07, 6.45) is 5.17. The normalized spacial score (nSPS) is 11.7. The Hall–Kier alpha value is -1.58. The third-order valence-corrected chi connectivity index (χ3v) is 2.76. The molecule has 98 valence electrons. The second kappa shape index (κ2) is 5.38. The molecule has 0 radical (unpaired) electrons. The molecule has 2 rings (SSSR count). The minimum Gasteiger partial charge on any atom is -0.448 e. The molecular formula is C14H20N2O2. The molecule has 0 N–H and O–H groups in total. The summed E-state index contributed by atoms with van der Waals surface area (Å²) >= 11 is 0. The molecule has 0 aromatic carbocycles. The quantitative estimate of drug-likeness (QED) is 0.809. The summed E-state index contributed by atoms with van der Waals surface area (Å²) in [4.78, 5) is 8.69. The summed E-state index contributed by atoms with van der Waals surface area (Å²) in [6.45, 7) is 8.28. The highest BCUT2D eigenvalue weighted by Crippen LogP contribution is 2.17. The fourth-order valence-electron chi connectivity index (χ4n) is 1.66. The number of hydrogen-bond donors (Lipinski definition) is 0. The van der Waals surface area contributed by atoms with E-state index in [1.807, 2.05) is 0 Å². The summed E-state index contributed by atoms with van der Waals surface area (Å²) in [5.41, 5.74) is 0.973. The standard InChI is InChI=1S/C14H20N2O2/c1-9(2)13-15-7-12(18-13)6-5-11-8-17-14(16-11)10(3)4/h7-10H,5-6H2,1-4H3. The zero-order valence-electron chi connectivity index (χ0n) is 11.4. The van der Waals surface area contributed by atoms with Gasteiger partial charge >= 0.3 is 0 Å². The predicted octanol–water partition coefficient (Wildman–Crippen LogP) is 3.69. The van der Waals surface area contributed by atoms with E-state index in [2.05, 4.69) is 37.7 Å². The van der Waals surface area contributed by atoms with E-state index in [1.54, 1.807) is 12.5 Å². The average Bonchev–Trinajstić information content (AvgIpc) is 2.95. The Bertz CT molecular complexity index is 451. The van der Waals surface area contributed by atoms with Gasteiger partial charge in [-0.05, 0) is 6.42 Å². The van der Waals surface area contributed by atoms with Gasteiger partial charge in [-0.2, -0.15) is 0 Å². The molecule has 0 unspecified atom stereocenters. The molecule has 0 spiro atoms. The molecule has 0 atom stereocenters. The number of aromatic nitrogens is 2. The predicted molar refractivity (Wildman–Crippen MR) is 68.6 cm³/mol. The second-order valence-electron chi connectivity index (χ2n) is 5.15. The van der Waals surface area contributed by atoms with Crippen molar-refractivity contribution < 1.29 is 8.83 Å². The summed E-state index contributed by atoms with van der Waals surface area (Å²) < 4.78 is 11.1. The van der Waals surface area contributed by atoms with Crippen molar-refractivity contribution in [3.63, 3.8) is 0 Å². The topological polar surface area (TPSA) is 52.1 Å². The van der Waals surface area contributed by atoms with Crippen LogP contribution in [0.5, 0.6) is 0 Å². The van der Waals surface area contributed by atoms with Gasteiger partial charge in [0.2, 0.25) is 0 Å². The average molecular weight is 248 g/mol. The number of rotatable bonds is 5. The Morgan fingerprint density at radius 3 is 2.33 bits per heavy atom. The zero-order chi connectivity index (χ0) is 13.1. The van der Waals surface area contributed by atoms with Gasteiger partial charge in [0, 0.05) is 18.3 Å². The van der Waals surface area contributed by atoms with Gasteiger partial charge in [-0.25, -0.2) is 9.97 Å². The maximum Gasteiger partial charge on any atom is 0.196 e. The Balaban J connectivity index is 1.93. The van der Waals surface area contributed by atoms with Crippen molar-refractivity contribution in [3.8, 4) is 0 Å². The molecule has 4 nitrogen and oxygen atoms in total. The van der Waals surface area contributed by atoms with Crippen LogP contribution >= 0.6 is 0 Å². The second-order valence-corrected chi connectivity index (χ2v) is 5.15. The van der Waals surface area contributed by atoms with Crippen LogP contribution in [0.4, 0.5) is 0 Å². The highest BCUT2D eigenvalue weighted by Gasteiger charge is 2.10. The first-order valence-electron chi connectivity index (χ1n) is 6.45. The van der Waals surface area contributed by atoms with E-state index in [0.29, 0.717) is 11.8 Å². The Kier molecular flexibility index (Phi) is 3.84. The van der Waals surface area contributed by atoms with Crippen molar-refractivity contribution in [2.45, 2.75) is 52.4 Å². The smallest absolute Gasteiger partial charge is 0.196 e. The molecule has 0 amide bonds. The molecule has 4 heteroatoms. The van der Waals surface area contributed by atoms with Gasteiger partial charge in [-0.3, -0.25) is 0 Å². The fraction of sp³-hybridized carbons (Fsp3) is 0.571. The Morgan fingerprint density at radius 2 is 1.78 bits per heavy atom. The number of nitrogens with zero attached hydrogens (tertiary/aromatic N) is 2. The van der Waals surface area contributed by atoms with Crippen molar-refractivity contribution >= 4 is 0 Å². The maximum absolute atomic E-state index is 5.65. The fourth-order valence-corrected chi connectivity index (χ4v) is 1.66. The monoisotopic (exact) mass is 248 g/mol. The van der Waals surface area contributed by atoms with Crippen LogP contribution in [0.1, 0.15) is 62.8 Å². The van der Waals surface area contributed by atoms with Crippen LogP contribution in [-0.4, -0.2) is 9.97 Å². The van der Waals surface area contributed by atoms with Gasteiger partial charge in [0.15, 0.2) is 11.8 Å². The molecule has 0 bridgehead atoms. The third kappa shape index (κ3) is 3.00. The molecule has 0 aliphatic rings. The van der Waals surface area contributed by atoms with E-state index in [-0.39, 0.29) is 0 Å². The number of aryl methyl sites for hydroxylation is 2. The molecule has 0 aliphatic carbocycles. The van der Waals surface area contributed by atoms with E-state index in [4.69, 9.17) is 8.83 Å². The van der Waals surface area contributed by atoms with Crippen molar-refractivity contribution in [3.05, 3.63) is 35.7 Å². The molecule has 0 aliphatic heterocycles. The molecule has 0 fully saturated rings. The summed E-state index contributed by atoms with van der Waals surface area (Å²) in [6, 6.07) is 0. The lowest BCUT2D eigenvalue weighted by atomic mass is 10.2. The lowest BCUT2D eigenvalue weighted by molar-refractivity contribution is 0.435. The largest absolute Gasteiger partial charge is 0.448 e. The van der Waals surface area contributed by atoms with Gasteiger partial charge in [-0.1, -0.05) is 27.7 Å². The Morgan fingerprint density at radius 1 is 1.06 bits per heavy atom. The molecule has 0 saturated carbocycles. The molecular weight excluding hydrogens is 228 g/mol. The van der Waals surface area contributed by atoms with Crippen molar-refractivity contribution in [2.24, 2.45) is 0 Å². The van der Waals surface area contributed by atoms with E-state index in [9.17, 15) is 0 Å². The van der Waals surface area contributed by atoms with E-state index < -0.39 is 0 Å². The molecule has 18 heavy (non-hydrogen) atoms. The molecule has 2 aromatic heterocycles. The highest BCUT2D eigenvalue weighted by molar-refractivity contribution is 5.04. The van der Waals surface area contributed by atoms with Crippen LogP contribution in [0, 0.1) is 0 Å². The van der Waals surface area contributed by atoms with E-state index >= 15 is 0 Å². The molecule has 2 heterocycles. The molecule has 2 aromatic rings. The van der Waals surface area contributed by atoms with Crippen LogP contribution < -0.4 is 0 Å². The number of hydrogen-bond acceptors (Lipinski definition) is 4. The van der Waals surface area contributed by atoms with Crippen molar-refractivity contribution in [2.75, 3.05) is 0 Å². The van der Waals surface area contributed by atoms with Crippen LogP contribution in [0.2, 0.25) is 0 Å². The third-order valence-electron chi connectivity index (χ3n) is 2.76. The van der Waals surface area contributed by atoms with E-state index in [1.165, 1.54) is 0 Å². The lowest BCUT2D eigenvalue weighted by Crippen LogP contribution is -1.92. The van der Waals surface area contributed by atoms with Crippen LogP contribution in [0.15, 0.2) is 21.3 Å². The Labute approximate surface area is 107 Å². The lowest BCUT2D eigenvalue weighted by Gasteiger charge is -1.97. The van der Waals surface area contributed by atoms with E-state index in [0.717, 1.165) is 36.1 Å². The van der Waals surface area contributed by atoms with Crippen LogP contribution in [-0.2, 0) is 12.8 Å². The first-order chi connectivity index (χ1) is 8.56. The van der Waals surface area contributed by atoms with Crippen LogP contribution in [0.25, 0.3) is 0 Å². The van der Waals surface area contributed by atoms with Gasteiger partial charge in [0.1, 0.15) is 12.0 Å². The van der Waals surface area contributed by atoms with Gasteiger partial charge in [-0.15, -0.1) is 0 Å². The van der Waals surface area contributed by atoms with Crippen molar-refractivity contribution in [1.82, 2.24) is 9.97 Å². The first-order valence-corrected chi connectivity index (χ1v) is 6.45. The number of oxazole rings is 2. The van der Waals surface area contributed by atoms with Gasteiger partial charge in [0.25, 0.3) is 0 Å². The molecule has 0 saturated heterocycles. The van der Waals surface area contributed by atoms with Crippen LogP contribution in [0.3, 0.4) is 0 Å². The zero-order valence-corrected chi connectivity index (χ0v) is 11.4. The maximum atomic E-state index is 5.65. The van der Waals surface area contributed by atoms with Crippen molar-refractivity contribution in [1.29, 1.82) is 0 Å². The first kappa shape index (κ1) is 12.9. The summed E-state index contributed by atoms with van der Waals surface area (Å²) in [7, 11) is 0. The highest BCUT2D eigenvalue weighted by atomic mass is 16.4. The minimum absolute atomic E-state index is 0.330. The minimum atomic E-state index is 0.330. The SMILES string of the molecule is CC(C)c1nc(CCc2cnc(C(C)C)o2)co1.